The Kier molecular flexibility index (Phi) is 5.17. The number of fused-ring (bicyclic) bond motifs is 2. The number of rotatable bonds is 4. The van der Waals surface area contributed by atoms with E-state index in [4.69, 9.17) is 11.6 Å². The molecule has 0 aliphatic heterocycles. The molecule has 5 aromatic rings. The van der Waals surface area contributed by atoms with Crippen molar-refractivity contribution in [3.05, 3.63) is 107 Å². The molecule has 0 fully saturated rings. The van der Waals surface area contributed by atoms with E-state index in [1.807, 2.05) is 48.5 Å². The highest BCUT2D eigenvalue weighted by Crippen LogP contribution is 2.39. The third-order valence-corrected chi connectivity index (χ3v) is 5.71. The van der Waals surface area contributed by atoms with E-state index in [1.54, 1.807) is 28.8 Å². The van der Waals surface area contributed by atoms with Crippen molar-refractivity contribution in [1.29, 1.82) is 0 Å². The number of nitrogens with zero attached hydrogens (tertiary/aromatic N) is 3. The minimum atomic E-state index is -0.507. The van der Waals surface area contributed by atoms with E-state index in [0.717, 1.165) is 27.2 Å². The molecular weight excluding hydrogens is 422 g/mol. The van der Waals surface area contributed by atoms with E-state index >= 15 is 0 Å². The highest BCUT2D eigenvalue weighted by atomic mass is 35.5. The zero-order valence-electron chi connectivity index (χ0n) is 16.9. The van der Waals surface area contributed by atoms with Gasteiger partial charge < -0.3 is 9.67 Å². The van der Waals surface area contributed by atoms with Crippen LogP contribution in [0.15, 0.2) is 101 Å². The molecule has 0 bridgehead atoms. The standard InChI is InChI=1S/C26H18ClN3O2/c27-20-14-12-18(13-15-20)25(31)29-28-24-22-10-3-4-11-23(22)30(26(24)32)16-19-8-5-7-17-6-1-2-9-21(17)19/h1-15,32H,16H2. The topological polar surface area (TPSA) is 66.9 Å². The number of aromatic nitrogens is 1. The SMILES string of the molecule is O=C(N=Nc1c(O)n(Cc2cccc3ccccc23)c2ccccc12)c1ccc(Cl)cc1. The molecule has 1 N–H and O–H groups in total. The van der Waals surface area contributed by atoms with E-state index < -0.39 is 5.91 Å². The van der Waals surface area contributed by atoms with Gasteiger partial charge in [0.05, 0.1) is 12.1 Å². The Morgan fingerprint density at radius 2 is 1.53 bits per heavy atom. The predicted octanol–water partition coefficient (Wildman–Crippen LogP) is 7.13. The second kappa shape index (κ2) is 8.29. The lowest BCUT2D eigenvalue weighted by molar-refractivity contribution is 0.0995. The maximum absolute atomic E-state index is 12.4. The number of azo groups is 1. The van der Waals surface area contributed by atoms with Crippen LogP contribution in [0.4, 0.5) is 5.69 Å². The van der Waals surface area contributed by atoms with Gasteiger partial charge in [-0.3, -0.25) is 4.79 Å². The molecule has 0 radical (unpaired) electrons. The van der Waals surface area contributed by atoms with Gasteiger partial charge in [-0.15, -0.1) is 10.2 Å². The van der Waals surface area contributed by atoms with Gasteiger partial charge in [0.1, 0.15) is 0 Å². The van der Waals surface area contributed by atoms with Crippen molar-refractivity contribution >= 4 is 44.9 Å². The lowest BCUT2D eigenvalue weighted by atomic mass is 10.0. The molecule has 4 aromatic carbocycles. The Hall–Kier alpha value is -3.96. The summed E-state index contributed by atoms with van der Waals surface area (Å²) in [7, 11) is 0. The summed E-state index contributed by atoms with van der Waals surface area (Å²) < 4.78 is 1.79. The number of carbonyl (C=O) groups is 1. The van der Waals surface area contributed by atoms with Crippen LogP contribution in [-0.2, 0) is 6.54 Å². The number of halogens is 1. The van der Waals surface area contributed by atoms with Crippen LogP contribution in [0.1, 0.15) is 15.9 Å². The number of para-hydroxylation sites is 1. The van der Waals surface area contributed by atoms with E-state index in [9.17, 15) is 9.90 Å². The van der Waals surface area contributed by atoms with Gasteiger partial charge in [-0.2, -0.15) is 0 Å². The van der Waals surface area contributed by atoms with Crippen molar-refractivity contribution in [2.45, 2.75) is 6.54 Å². The number of hydrogen-bond donors (Lipinski definition) is 1. The summed E-state index contributed by atoms with van der Waals surface area (Å²) in [6.45, 7) is 0.453. The molecule has 0 saturated heterocycles. The van der Waals surface area contributed by atoms with Crippen LogP contribution in [-0.4, -0.2) is 15.6 Å². The zero-order chi connectivity index (χ0) is 22.1. The Morgan fingerprint density at radius 3 is 2.34 bits per heavy atom. The summed E-state index contributed by atoms with van der Waals surface area (Å²) in [5.41, 5.74) is 2.52. The van der Waals surface area contributed by atoms with Gasteiger partial charge in [0.25, 0.3) is 5.91 Å². The molecule has 6 heteroatoms. The van der Waals surface area contributed by atoms with Gasteiger partial charge in [-0.1, -0.05) is 72.3 Å². The molecule has 0 unspecified atom stereocenters. The molecule has 0 saturated carbocycles. The maximum Gasteiger partial charge on any atom is 0.295 e. The molecule has 0 aliphatic rings. The lowest BCUT2D eigenvalue weighted by Crippen LogP contribution is -1.99. The van der Waals surface area contributed by atoms with Crippen LogP contribution in [0.3, 0.4) is 0 Å². The largest absolute Gasteiger partial charge is 0.493 e. The Labute approximate surface area is 189 Å². The molecule has 0 spiro atoms. The van der Waals surface area contributed by atoms with Gasteiger partial charge in [0.2, 0.25) is 5.88 Å². The minimum absolute atomic E-state index is 0.0354. The number of hydrogen-bond acceptors (Lipinski definition) is 3. The Morgan fingerprint density at radius 1 is 0.844 bits per heavy atom. The number of carbonyl (C=O) groups excluding carboxylic acids is 1. The lowest BCUT2D eigenvalue weighted by Gasteiger charge is -2.10. The van der Waals surface area contributed by atoms with Crippen LogP contribution in [0.2, 0.25) is 5.02 Å². The summed E-state index contributed by atoms with van der Waals surface area (Å²) >= 11 is 5.88. The quantitative estimate of drug-likeness (QED) is 0.303. The fourth-order valence-corrected chi connectivity index (χ4v) is 4.00. The first kappa shape index (κ1) is 20.0. The van der Waals surface area contributed by atoms with E-state index in [1.165, 1.54) is 0 Å². The molecule has 5 rings (SSSR count). The fraction of sp³-hybridized carbons (Fsp3) is 0.0385. The summed E-state index contributed by atoms with van der Waals surface area (Å²) in [5, 5.41) is 22.5. The average molecular weight is 440 g/mol. The first-order valence-corrected chi connectivity index (χ1v) is 10.5. The monoisotopic (exact) mass is 439 g/mol. The third kappa shape index (κ3) is 3.63. The molecule has 5 nitrogen and oxygen atoms in total. The summed E-state index contributed by atoms with van der Waals surface area (Å²) in [5.74, 6) is -0.543. The molecule has 1 heterocycles. The predicted molar refractivity (Wildman–Crippen MR) is 127 cm³/mol. The van der Waals surface area contributed by atoms with Gasteiger partial charge in [0, 0.05) is 16.0 Å². The Bertz CT molecular complexity index is 1480. The first-order valence-electron chi connectivity index (χ1n) is 10.1. The van der Waals surface area contributed by atoms with Crippen LogP contribution in [0.5, 0.6) is 5.88 Å². The average Bonchev–Trinajstić information content (AvgIpc) is 3.09. The van der Waals surface area contributed by atoms with Crippen molar-refractivity contribution < 1.29 is 9.90 Å². The normalized spacial score (nSPS) is 11.5. The molecular formula is C26H18ClN3O2. The van der Waals surface area contributed by atoms with Crippen molar-refractivity contribution in [3.63, 3.8) is 0 Å². The van der Waals surface area contributed by atoms with E-state index in [-0.39, 0.29) is 11.6 Å². The number of aromatic hydroxyl groups is 1. The minimum Gasteiger partial charge on any atom is -0.493 e. The van der Waals surface area contributed by atoms with Gasteiger partial charge in [-0.05, 0) is 46.7 Å². The van der Waals surface area contributed by atoms with Crippen LogP contribution in [0.25, 0.3) is 21.7 Å². The van der Waals surface area contributed by atoms with Gasteiger partial charge in [0.15, 0.2) is 5.69 Å². The first-order chi connectivity index (χ1) is 15.6. The molecule has 32 heavy (non-hydrogen) atoms. The number of benzene rings is 4. The third-order valence-electron chi connectivity index (χ3n) is 5.46. The second-order valence-corrected chi connectivity index (χ2v) is 7.86. The van der Waals surface area contributed by atoms with Crippen molar-refractivity contribution in [3.8, 4) is 5.88 Å². The summed E-state index contributed by atoms with van der Waals surface area (Å²) in [4.78, 5) is 12.4. The molecule has 0 aliphatic carbocycles. The highest BCUT2D eigenvalue weighted by molar-refractivity contribution is 6.30. The molecule has 1 amide bonds. The van der Waals surface area contributed by atoms with Crippen LogP contribution >= 0.6 is 11.6 Å². The van der Waals surface area contributed by atoms with Crippen molar-refractivity contribution in [2.24, 2.45) is 10.2 Å². The van der Waals surface area contributed by atoms with E-state index in [2.05, 4.69) is 28.4 Å². The zero-order valence-corrected chi connectivity index (χ0v) is 17.7. The van der Waals surface area contributed by atoms with Gasteiger partial charge in [-0.25, -0.2) is 0 Å². The van der Waals surface area contributed by atoms with E-state index in [0.29, 0.717) is 17.1 Å². The maximum atomic E-state index is 12.4. The number of amides is 1. The Balaban J connectivity index is 1.56. The summed E-state index contributed by atoms with van der Waals surface area (Å²) in [6, 6.07) is 28.2. The van der Waals surface area contributed by atoms with Gasteiger partial charge >= 0.3 is 0 Å². The van der Waals surface area contributed by atoms with Crippen LogP contribution < -0.4 is 0 Å². The smallest absolute Gasteiger partial charge is 0.295 e. The van der Waals surface area contributed by atoms with Crippen LogP contribution in [0, 0.1) is 0 Å². The highest BCUT2D eigenvalue weighted by Gasteiger charge is 2.18. The molecule has 156 valence electrons. The van der Waals surface area contributed by atoms with Crippen molar-refractivity contribution in [2.75, 3.05) is 0 Å². The molecule has 1 aromatic heterocycles. The molecule has 0 atom stereocenters. The fourth-order valence-electron chi connectivity index (χ4n) is 3.88. The van der Waals surface area contributed by atoms with Crippen molar-refractivity contribution in [1.82, 2.24) is 4.57 Å². The summed E-state index contributed by atoms with van der Waals surface area (Å²) in [6.07, 6.45) is 0. The second-order valence-electron chi connectivity index (χ2n) is 7.43.